The van der Waals surface area contributed by atoms with E-state index >= 15 is 0 Å². The number of guanidine groups is 1. The molecule has 0 bridgehead atoms. The lowest BCUT2D eigenvalue weighted by atomic mass is 10.1. The summed E-state index contributed by atoms with van der Waals surface area (Å²) >= 11 is 0. The smallest absolute Gasteiger partial charge is 0.192 e. The molecule has 16 heavy (non-hydrogen) atoms. The minimum absolute atomic E-state index is 0.198. The van der Waals surface area contributed by atoms with Gasteiger partial charge in [0.2, 0.25) is 0 Å². The molecule has 1 aromatic heterocycles. The Morgan fingerprint density at radius 2 is 2.50 bits per heavy atom. The molecule has 0 radical (unpaired) electrons. The van der Waals surface area contributed by atoms with Gasteiger partial charge in [0.1, 0.15) is 0 Å². The second-order valence-electron chi connectivity index (χ2n) is 3.69. The molecule has 1 atom stereocenters. The second-order valence-corrected chi connectivity index (χ2v) is 3.69. The summed E-state index contributed by atoms with van der Waals surface area (Å²) in [6.07, 6.45) is 3.63. The molecule has 2 N–H and O–H groups in total. The Morgan fingerprint density at radius 3 is 3.19 bits per heavy atom. The van der Waals surface area contributed by atoms with Gasteiger partial charge in [-0.05, 0) is 11.6 Å². The van der Waals surface area contributed by atoms with Gasteiger partial charge in [-0.15, -0.1) is 0 Å². The average molecular weight is 220 g/mol. The van der Waals surface area contributed by atoms with Crippen molar-refractivity contribution in [3.63, 3.8) is 0 Å². The molecule has 0 saturated carbocycles. The first kappa shape index (κ1) is 10.9. The van der Waals surface area contributed by atoms with E-state index in [9.17, 15) is 0 Å². The number of nitrogens with zero attached hydrogens (tertiary/aromatic N) is 3. The van der Waals surface area contributed by atoms with Crippen LogP contribution in [-0.4, -0.2) is 42.6 Å². The zero-order valence-electron chi connectivity index (χ0n) is 9.34. The minimum Gasteiger partial charge on any atom is -0.383 e. The van der Waals surface area contributed by atoms with E-state index in [1.54, 1.807) is 13.3 Å². The molecule has 86 valence electrons. The van der Waals surface area contributed by atoms with Crippen LogP contribution < -0.4 is 5.73 Å². The SMILES string of the molecule is COCCN1C(N)=NCC1c1cccnc1. The fourth-order valence-electron chi connectivity index (χ4n) is 1.85. The van der Waals surface area contributed by atoms with Crippen molar-refractivity contribution in [1.29, 1.82) is 0 Å². The lowest BCUT2D eigenvalue weighted by molar-refractivity contribution is 0.166. The number of pyridine rings is 1. The summed E-state index contributed by atoms with van der Waals surface area (Å²) < 4.78 is 5.07. The number of aromatic nitrogens is 1. The first-order valence-corrected chi connectivity index (χ1v) is 5.28. The predicted molar refractivity (Wildman–Crippen MR) is 62.0 cm³/mol. The van der Waals surface area contributed by atoms with E-state index in [1.165, 1.54) is 0 Å². The van der Waals surface area contributed by atoms with E-state index in [1.807, 2.05) is 18.3 Å². The van der Waals surface area contributed by atoms with Crippen molar-refractivity contribution in [2.45, 2.75) is 6.04 Å². The van der Waals surface area contributed by atoms with E-state index in [0.29, 0.717) is 19.1 Å². The topological polar surface area (TPSA) is 63.7 Å². The van der Waals surface area contributed by atoms with Gasteiger partial charge in [0.05, 0.1) is 19.2 Å². The molecular formula is C11H16N4O. The Bertz CT molecular complexity index is 366. The molecule has 0 spiro atoms. The molecule has 1 aliphatic rings. The molecule has 1 unspecified atom stereocenters. The monoisotopic (exact) mass is 220 g/mol. The van der Waals surface area contributed by atoms with Gasteiger partial charge in [-0.1, -0.05) is 6.07 Å². The van der Waals surface area contributed by atoms with Crippen LogP contribution in [0.3, 0.4) is 0 Å². The summed E-state index contributed by atoms with van der Waals surface area (Å²) in [5.41, 5.74) is 6.99. The maximum Gasteiger partial charge on any atom is 0.192 e. The van der Waals surface area contributed by atoms with Crippen molar-refractivity contribution in [2.75, 3.05) is 26.8 Å². The van der Waals surface area contributed by atoms with Crippen molar-refractivity contribution >= 4 is 5.96 Å². The zero-order valence-corrected chi connectivity index (χ0v) is 9.34. The third-order valence-corrected chi connectivity index (χ3v) is 2.70. The molecule has 2 heterocycles. The first-order valence-electron chi connectivity index (χ1n) is 5.28. The third-order valence-electron chi connectivity index (χ3n) is 2.70. The van der Waals surface area contributed by atoms with Gasteiger partial charge < -0.3 is 15.4 Å². The Labute approximate surface area is 94.9 Å². The molecular weight excluding hydrogens is 204 g/mol. The van der Waals surface area contributed by atoms with Crippen LogP contribution in [0, 0.1) is 0 Å². The van der Waals surface area contributed by atoms with Crippen LogP contribution in [0.1, 0.15) is 11.6 Å². The number of hydrogen-bond donors (Lipinski definition) is 1. The zero-order chi connectivity index (χ0) is 11.4. The molecule has 5 heteroatoms. The maximum absolute atomic E-state index is 5.85. The van der Waals surface area contributed by atoms with Gasteiger partial charge in [0.25, 0.3) is 0 Å². The van der Waals surface area contributed by atoms with E-state index in [-0.39, 0.29) is 6.04 Å². The van der Waals surface area contributed by atoms with Crippen molar-refractivity contribution in [2.24, 2.45) is 10.7 Å². The second kappa shape index (κ2) is 4.94. The van der Waals surface area contributed by atoms with Gasteiger partial charge in [-0.25, -0.2) is 0 Å². The van der Waals surface area contributed by atoms with Gasteiger partial charge in [-0.3, -0.25) is 9.98 Å². The Morgan fingerprint density at radius 1 is 1.62 bits per heavy atom. The number of hydrogen-bond acceptors (Lipinski definition) is 5. The number of rotatable bonds is 4. The van der Waals surface area contributed by atoms with Crippen LogP contribution >= 0.6 is 0 Å². The van der Waals surface area contributed by atoms with Gasteiger partial charge >= 0.3 is 0 Å². The molecule has 0 aliphatic carbocycles. The highest BCUT2D eigenvalue weighted by molar-refractivity contribution is 5.80. The summed E-state index contributed by atoms with van der Waals surface area (Å²) in [7, 11) is 1.68. The molecule has 0 saturated heterocycles. The average Bonchev–Trinajstić information content (AvgIpc) is 2.69. The predicted octanol–water partition coefficient (Wildman–Crippen LogP) is 0.399. The molecule has 2 rings (SSSR count). The molecule has 0 aromatic carbocycles. The standard InChI is InChI=1S/C11H16N4O/c1-16-6-5-15-10(8-14-11(15)12)9-3-2-4-13-7-9/h2-4,7,10H,5-6,8H2,1H3,(H2,12,14). The summed E-state index contributed by atoms with van der Waals surface area (Å²) in [6, 6.07) is 4.17. The highest BCUT2D eigenvalue weighted by Crippen LogP contribution is 2.24. The summed E-state index contributed by atoms with van der Waals surface area (Å²) in [5.74, 6) is 0.589. The van der Waals surface area contributed by atoms with E-state index in [2.05, 4.69) is 14.9 Å². The van der Waals surface area contributed by atoms with Crippen molar-refractivity contribution in [3.8, 4) is 0 Å². The summed E-state index contributed by atoms with van der Waals surface area (Å²) in [5, 5.41) is 0. The van der Waals surface area contributed by atoms with Crippen LogP contribution in [0.2, 0.25) is 0 Å². The van der Waals surface area contributed by atoms with Crippen LogP contribution in [-0.2, 0) is 4.74 Å². The Kier molecular flexibility index (Phi) is 3.36. The Hall–Kier alpha value is -1.62. The number of nitrogens with two attached hydrogens (primary N) is 1. The van der Waals surface area contributed by atoms with Crippen molar-refractivity contribution < 1.29 is 4.74 Å². The number of aliphatic imine (C=N–C) groups is 1. The van der Waals surface area contributed by atoms with E-state index in [4.69, 9.17) is 10.5 Å². The van der Waals surface area contributed by atoms with Crippen LogP contribution in [0.15, 0.2) is 29.5 Å². The third kappa shape index (κ3) is 2.14. The molecule has 0 fully saturated rings. The van der Waals surface area contributed by atoms with Gasteiger partial charge in [0.15, 0.2) is 5.96 Å². The molecule has 1 aliphatic heterocycles. The molecule has 0 amide bonds. The summed E-state index contributed by atoms with van der Waals surface area (Å²) in [6.45, 7) is 2.10. The quantitative estimate of drug-likeness (QED) is 0.797. The van der Waals surface area contributed by atoms with Crippen LogP contribution in [0.4, 0.5) is 0 Å². The highest BCUT2D eigenvalue weighted by atomic mass is 16.5. The van der Waals surface area contributed by atoms with Crippen molar-refractivity contribution in [3.05, 3.63) is 30.1 Å². The molecule has 1 aromatic rings. The van der Waals surface area contributed by atoms with Gasteiger partial charge in [-0.2, -0.15) is 0 Å². The van der Waals surface area contributed by atoms with E-state index < -0.39 is 0 Å². The highest BCUT2D eigenvalue weighted by Gasteiger charge is 2.26. The van der Waals surface area contributed by atoms with Crippen molar-refractivity contribution in [1.82, 2.24) is 9.88 Å². The largest absolute Gasteiger partial charge is 0.383 e. The van der Waals surface area contributed by atoms with Crippen LogP contribution in [0.5, 0.6) is 0 Å². The fraction of sp³-hybridized carbons (Fsp3) is 0.455. The minimum atomic E-state index is 0.198. The fourth-order valence-corrected chi connectivity index (χ4v) is 1.85. The maximum atomic E-state index is 5.85. The van der Waals surface area contributed by atoms with E-state index in [0.717, 1.165) is 12.1 Å². The Balaban J connectivity index is 2.10. The lowest BCUT2D eigenvalue weighted by Crippen LogP contribution is -2.38. The summed E-state index contributed by atoms with van der Waals surface area (Å²) in [4.78, 5) is 10.4. The molecule has 5 nitrogen and oxygen atoms in total. The van der Waals surface area contributed by atoms with Crippen LogP contribution in [0.25, 0.3) is 0 Å². The normalized spacial score (nSPS) is 19.9. The lowest BCUT2D eigenvalue weighted by Gasteiger charge is -2.25. The number of ether oxygens (including phenoxy) is 1. The number of methoxy groups -OCH3 is 1. The first-order chi connectivity index (χ1) is 7.83. The van der Waals surface area contributed by atoms with Gasteiger partial charge in [0, 0.05) is 26.0 Å².